The fourth-order valence-corrected chi connectivity index (χ4v) is 5.91. The lowest BCUT2D eigenvalue weighted by Gasteiger charge is -2.32. The van der Waals surface area contributed by atoms with E-state index in [2.05, 4.69) is 119 Å². The van der Waals surface area contributed by atoms with E-state index in [1.165, 1.54) is 45.1 Å². The summed E-state index contributed by atoms with van der Waals surface area (Å²) in [6.07, 6.45) is 3.45. The van der Waals surface area contributed by atoms with Crippen LogP contribution in [0.2, 0.25) is 0 Å². The van der Waals surface area contributed by atoms with Crippen molar-refractivity contribution in [3.8, 4) is 0 Å². The number of para-hydroxylation sites is 2. The molecule has 0 radical (unpaired) electrons. The van der Waals surface area contributed by atoms with Crippen molar-refractivity contribution in [3.05, 3.63) is 120 Å². The van der Waals surface area contributed by atoms with Crippen molar-refractivity contribution < 1.29 is 0 Å². The molecule has 0 amide bonds. The molecule has 0 aliphatic carbocycles. The minimum Gasteiger partial charge on any atom is -0.340 e. The standard InChI is InChI=1S/C31H32N2S/c1-3-13-25(14-4-1)27(26-15-5-2-6-16-26)21-23-32-22-11-12-24-33-28-17-7-9-19-30(28)34-31-20-10-8-18-29(31)33/h1-10,13-20,27,32H,11-12,21-24H2. The van der Waals surface area contributed by atoms with Crippen molar-refractivity contribution in [3.63, 3.8) is 0 Å². The first-order chi connectivity index (χ1) is 16.9. The van der Waals surface area contributed by atoms with Gasteiger partial charge in [-0.05, 0) is 67.7 Å². The molecule has 0 unspecified atom stereocenters. The number of rotatable bonds is 10. The van der Waals surface area contributed by atoms with Crippen LogP contribution in [0.1, 0.15) is 36.3 Å². The lowest BCUT2D eigenvalue weighted by atomic mass is 9.88. The van der Waals surface area contributed by atoms with Gasteiger partial charge >= 0.3 is 0 Å². The molecule has 0 fully saturated rings. The van der Waals surface area contributed by atoms with Crippen LogP contribution in [-0.2, 0) is 0 Å². The third kappa shape index (κ3) is 5.38. The second-order valence-electron chi connectivity index (χ2n) is 8.81. The summed E-state index contributed by atoms with van der Waals surface area (Å²) in [6, 6.07) is 39.4. The molecule has 34 heavy (non-hydrogen) atoms. The second-order valence-corrected chi connectivity index (χ2v) is 9.89. The van der Waals surface area contributed by atoms with Gasteiger partial charge in [-0.3, -0.25) is 0 Å². The Balaban J connectivity index is 1.12. The average molecular weight is 465 g/mol. The normalized spacial score (nSPS) is 12.4. The molecule has 0 spiro atoms. The zero-order valence-electron chi connectivity index (χ0n) is 19.6. The Bertz CT molecular complexity index is 1090. The van der Waals surface area contributed by atoms with Gasteiger partial charge in [-0.1, -0.05) is 96.7 Å². The fraction of sp³-hybridized carbons (Fsp3) is 0.226. The van der Waals surface area contributed by atoms with Gasteiger partial charge in [-0.2, -0.15) is 0 Å². The number of fused-ring (bicyclic) bond motifs is 2. The third-order valence-corrected chi connectivity index (χ3v) is 7.66. The Morgan fingerprint density at radius 2 is 1.12 bits per heavy atom. The molecule has 3 heteroatoms. The van der Waals surface area contributed by atoms with E-state index in [1.54, 1.807) is 0 Å². The summed E-state index contributed by atoms with van der Waals surface area (Å²) < 4.78 is 0. The molecule has 2 nitrogen and oxygen atoms in total. The molecule has 172 valence electrons. The average Bonchev–Trinajstić information content (AvgIpc) is 2.90. The van der Waals surface area contributed by atoms with Crippen LogP contribution >= 0.6 is 11.8 Å². The maximum Gasteiger partial charge on any atom is 0.0552 e. The predicted molar refractivity (Wildman–Crippen MR) is 145 cm³/mol. The molecule has 1 heterocycles. The molecule has 0 bridgehead atoms. The molecule has 4 aromatic carbocycles. The van der Waals surface area contributed by atoms with Gasteiger partial charge in [0.05, 0.1) is 11.4 Å². The van der Waals surface area contributed by atoms with Crippen LogP contribution in [0.4, 0.5) is 11.4 Å². The maximum absolute atomic E-state index is 3.71. The van der Waals surface area contributed by atoms with Crippen molar-refractivity contribution in [2.45, 2.75) is 35.0 Å². The molecule has 4 aromatic rings. The lowest BCUT2D eigenvalue weighted by molar-refractivity contribution is 0.583. The summed E-state index contributed by atoms with van der Waals surface area (Å²) in [5, 5.41) is 3.71. The summed E-state index contributed by atoms with van der Waals surface area (Å²) in [5.74, 6) is 0.439. The van der Waals surface area contributed by atoms with Crippen LogP contribution in [-0.4, -0.2) is 19.6 Å². The number of hydrogen-bond donors (Lipinski definition) is 1. The predicted octanol–water partition coefficient (Wildman–Crippen LogP) is 7.88. The van der Waals surface area contributed by atoms with Crippen LogP contribution in [0.3, 0.4) is 0 Å². The van der Waals surface area contributed by atoms with Gasteiger partial charge in [0.1, 0.15) is 0 Å². The SMILES string of the molecule is c1ccc(C(CCNCCCCN2c3ccccc3Sc3ccccc32)c2ccccc2)cc1. The first-order valence-electron chi connectivity index (χ1n) is 12.3. The van der Waals surface area contributed by atoms with Crippen molar-refractivity contribution in [1.29, 1.82) is 0 Å². The summed E-state index contributed by atoms with van der Waals surface area (Å²) in [4.78, 5) is 5.21. The van der Waals surface area contributed by atoms with Crippen LogP contribution in [0.15, 0.2) is 119 Å². The summed E-state index contributed by atoms with van der Waals surface area (Å²) in [5.41, 5.74) is 5.48. The number of unbranched alkanes of at least 4 members (excludes halogenated alkanes) is 1. The Morgan fingerprint density at radius 1 is 0.588 bits per heavy atom. The fourth-order valence-electron chi connectivity index (χ4n) is 4.81. The van der Waals surface area contributed by atoms with E-state index < -0.39 is 0 Å². The first kappa shape index (κ1) is 22.8. The number of anilines is 2. The Hall–Kier alpha value is -3.01. The minimum atomic E-state index is 0.439. The highest BCUT2D eigenvalue weighted by molar-refractivity contribution is 7.99. The zero-order valence-corrected chi connectivity index (χ0v) is 20.4. The number of benzene rings is 4. The van der Waals surface area contributed by atoms with Crippen LogP contribution < -0.4 is 10.2 Å². The van der Waals surface area contributed by atoms with Gasteiger partial charge in [0.2, 0.25) is 0 Å². The van der Waals surface area contributed by atoms with Crippen molar-refractivity contribution in [2.24, 2.45) is 0 Å². The van der Waals surface area contributed by atoms with E-state index in [0.717, 1.165) is 26.1 Å². The largest absolute Gasteiger partial charge is 0.340 e. The van der Waals surface area contributed by atoms with Gasteiger partial charge < -0.3 is 10.2 Å². The number of hydrogen-bond acceptors (Lipinski definition) is 3. The van der Waals surface area contributed by atoms with Gasteiger partial charge in [-0.25, -0.2) is 0 Å². The highest BCUT2D eigenvalue weighted by atomic mass is 32.2. The van der Waals surface area contributed by atoms with E-state index in [9.17, 15) is 0 Å². The topological polar surface area (TPSA) is 15.3 Å². The van der Waals surface area contributed by atoms with Crippen LogP contribution in [0, 0.1) is 0 Å². The van der Waals surface area contributed by atoms with Crippen LogP contribution in [0.25, 0.3) is 0 Å². The minimum absolute atomic E-state index is 0.439. The van der Waals surface area contributed by atoms with Gasteiger partial charge in [0.15, 0.2) is 0 Å². The Labute approximate surface area is 208 Å². The Kier molecular flexibility index (Phi) is 7.64. The lowest BCUT2D eigenvalue weighted by Crippen LogP contribution is -2.24. The van der Waals surface area contributed by atoms with Crippen molar-refractivity contribution in [1.82, 2.24) is 5.32 Å². The van der Waals surface area contributed by atoms with E-state index in [-0.39, 0.29) is 0 Å². The van der Waals surface area contributed by atoms with Crippen molar-refractivity contribution in [2.75, 3.05) is 24.5 Å². The van der Waals surface area contributed by atoms with E-state index in [4.69, 9.17) is 0 Å². The van der Waals surface area contributed by atoms with E-state index in [1.807, 2.05) is 11.8 Å². The number of nitrogens with zero attached hydrogens (tertiary/aromatic N) is 1. The first-order valence-corrected chi connectivity index (χ1v) is 13.2. The molecule has 5 rings (SSSR count). The van der Waals surface area contributed by atoms with E-state index >= 15 is 0 Å². The monoisotopic (exact) mass is 464 g/mol. The van der Waals surface area contributed by atoms with E-state index in [0.29, 0.717) is 5.92 Å². The molecule has 0 saturated heterocycles. The molecule has 1 N–H and O–H groups in total. The second kappa shape index (κ2) is 11.4. The molecule has 0 saturated carbocycles. The number of nitrogens with one attached hydrogen (secondary N) is 1. The third-order valence-electron chi connectivity index (χ3n) is 6.53. The summed E-state index contributed by atoms with van der Waals surface area (Å²) in [7, 11) is 0. The van der Waals surface area contributed by atoms with Gasteiger partial charge in [-0.15, -0.1) is 0 Å². The van der Waals surface area contributed by atoms with Crippen molar-refractivity contribution >= 4 is 23.1 Å². The molecular weight excluding hydrogens is 432 g/mol. The zero-order chi connectivity index (χ0) is 23.0. The van der Waals surface area contributed by atoms with Gasteiger partial charge in [0.25, 0.3) is 0 Å². The quantitative estimate of drug-likeness (QED) is 0.240. The molecule has 1 aliphatic heterocycles. The smallest absolute Gasteiger partial charge is 0.0552 e. The Morgan fingerprint density at radius 3 is 1.71 bits per heavy atom. The van der Waals surface area contributed by atoms with Gasteiger partial charge in [0, 0.05) is 22.3 Å². The molecule has 1 aliphatic rings. The maximum atomic E-state index is 3.71. The summed E-state index contributed by atoms with van der Waals surface area (Å²) in [6.45, 7) is 3.13. The molecule has 0 aromatic heterocycles. The molecular formula is C31H32N2S. The summed E-state index contributed by atoms with van der Waals surface area (Å²) >= 11 is 1.88. The highest BCUT2D eigenvalue weighted by Crippen LogP contribution is 2.47. The van der Waals surface area contributed by atoms with Crippen LogP contribution in [0.5, 0.6) is 0 Å². The molecule has 0 atom stereocenters. The highest BCUT2D eigenvalue weighted by Gasteiger charge is 2.22.